The molecule has 1 aliphatic rings. The highest BCUT2D eigenvalue weighted by Crippen LogP contribution is 2.28. The maximum absolute atomic E-state index is 13.5. The number of benzene rings is 1. The lowest BCUT2D eigenvalue weighted by Gasteiger charge is -2.10. The van der Waals surface area contributed by atoms with Crippen molar-refractivity contribution in [2.45, 2.75) is 32.4 Å². The molecule has 0 spiro atoms. The van der Waals surface area contributed by atoms with E-state index in [1.807, 2.05) is 26.2 Å². The fraction of sp³-hybridized carbons (Fsp3) is 0.400. The first-order chi connectivity index (χ1) is 9.13. The van der Waals surface area contributed by atoms with Crippen LogP contribution in [0.25, 0.3) is 11.1 Å². The van der Waals surface area contributed by atoms with E-state index in [1.54, 1.807) is 10.7 Å². The van der Waals surface area contributed by atoms with Crippen LogP contribution in [0.2, 0.25) is 0 Å². The molecule has 1 N–H and O–H groups in total. The van der Waals surface area contributed by atoms with Crippen LogP contribution >= 0.6 is 0 Å². The van der Waals surface area contributed by atoms with Gasteiger partial charge in [-0.05, 0) is 43.0 Å². The lowest BCUT2D eigenvalue weighted by molar-refractivity contribution is 0.625. The second-order valence-electron chi connectivity index (χ2n) is 5.26. The molecule has 4 heteroatoms. The molecule has 100 valence electrons. The van der Waals surface area contributed by atoms with Gasteiger partial charge in [-0.1, -0.05) is 6.07 Å². The first kappa shape index (κ1) is 12.4. The number of nitrogens with one attached hydrogen (secondary N) is 1. The number of aromatic nitrogens is 2. The Labute approximate surface area is 112 Å². The zero-order valence-electron chi connectivity index (χ0n) is 11.3. The molecule has 0 atom stereocenters. The Balaban J connectivity index is 1.97. The number of rotatable bonds is 4. The molecule has 2 aromatic rings. The van der Waals surface area contributed by atoms with Crippen LogP contribution in [0.4, 0.5) is 4.39 Å². The number of nitrogens with zero attached hydrogens (tertiary/aromatic N) is 2. The van der Waals surface area contributed by atoms with Crippen molar-refractivity contribution in [3.8, 4) is 11.1 Å². The zero-order valence-corrected chi connectivity index (χ0v) is 11.3. The van der Waals surface area contributed by atoms with Crippen molar-refractivity contribution < 1.29 is 4.39 Å². The van der Waals surface area contributed by atoms with Gasteiger partial charge < -0.3 is 5.32 Å². The van der Waals surface area contributed by atoms with Gasteiger partial charge in [0, 0.05) is 31.4 Å². The number of aryl methyl sites for hydroxylation is 2. The second-order valence-corrected chi connectivity index (χ2v) is 5.26. The minimum Gasteiger partial charge on any atom is -0.310 e. The molecule has 1 heterocycles. The summed E-state index contributed by atoms with van der Waals surface area (Å²) in [6.45, 7) is 2.74. The van der Waals surface area contributed by atoms with Crippen LogP contribution in [-0.4, -0.2) is 15.8 Å². The van der Waals surface area contributed by atoms with Gasteiger partial charge in [-0.3, -0.25) is 4.68 Å². The molecule has 1 aliphatic carbocycles. The van der Waals surface area contributed by atoms with Gasteiger partial charge in [0.25, 0.3) is 0 Å². The summed E-state index contributed by atoms with van der Waals surface area (Å²) in [5.74, 6) is -0.201. The van der Waals surface area contributed by atoms with Crippen LogP contribution in [0.15, 0.2) is 24.4 Å². The van der Waals surface area contributed by atoms with Gasteiger partial charge in [0.2, 0.25) is 0 Å². The van der Waals surface area contributed by atoms with Crippen LogP contribution in [0.1, 0.15) is 24.1 Å². The molecule has 1 saturated carbocycles. The van der Waals surface area contributed by atoms with Gasteiger partial charge in [-0.15, -0.1) is 0 Å². The van der Waals surface area contributed by atoms with Crippen molar-refractivity contribution in [1.29, 1.82) is 0 Å². The third kappa shape index (κ3) is 2.68. The molecular formula is C15H18FN3. The largest absolute Gasteiger partial charge is 0.310 e. The topological polar surface area (TPSA) is 29.9 Å². The molecule has 1 aromatic carbocycles. The van der Waals surface area contributed by atoms with Crippen molar-refractivity contribution in [3.05, 3.63) is 41.5 Å². The predicted octanol–water partition coefficient (Wildman–Crippen LogP) is 2.79. The molecule has 0 saturated heterocycles. The van der Waals surface area contributed by atoms with Crippen molar-refractivity contribution in [1.82, 2.24) is 15.1 Å². The first-order valence-electron chi connectivity index (χ1n) is 6.66. The maximum atomic E-state index is 13.5. The molecule has 3 nitrogen and oxygen atoms in total. The Hall–Kier alpha value is -1.68. The average Bonchev–Trinajstić information content (AvgIpc) is 3.13. The first-order valence-corrected chi connectivity index (χ1v) is 6.66. The van der Waals surface area contributed by atoms with E-state index in [9.17, 15) is 4.39 Å². The summed E-state index contributed by atoms with van der Waals surface area (Å²) >= 11 is 0. The fourth-order valence-corrected chi connectivity index (χ4v) is 2.36. The van der Waals surface area contributed by atoms with Gasteiger partial charge in [-0.25, -0.2) is 4.39 Å². The van der Waals surface area contributed by atoms with Crippen LogP contribution < -0.4 is 5.32 Å². The van der Waals surface area contributed by atoms with Crippen LogP contribution in [0.5, 0.6) is 0 Å². The Kier molecular flexibility index (Phi) is 3.11. The van der Waals surface area contributed by atoms with E-state index in [0.29, 0.717) is 6.04 Å². The standard InChI is InChI=1S/C15H18FN3/c1-10-15(9-19(2)18-10)14-7-12(16)4-3-11(14)8-17-13-5-6-13/h3-4,7,9,13,17H,5-6,8H2,1-2H3. The SMILES string of the molecule is Cc1nn(C)cc1-c1cc(F)ccc1CNC1CC1. The van der Waals surface area contributed by atoms with E-state index in [-0.39, 0.29) is 5.82 Å². The molecular weight excluding hydrogens is 241 g/mol. The van der Waals surface area contributed by atoms with Gasteiger partial charge in [0.1, 0.15) is 5.82 Å². The van der Waals surface area contributed by atoms with Gasteiger partial charge in [0.05, 0.1) is 5.69 Å². The summed E-state index contributed by atoms with van der Waals surface area (Å²) < 4.78 is 15.3. The Morgan fingerprint density at radius 1 is 1.37 bits per heavy atom. The van der Waals surface area contributed by atoms with Gasteiger partial charge >= 0.3 is 0 Å². The van der Waals surface area contributed by atoms with E-state index >= 15 is 0 Å². The molecule has 19 heavy (non-hydrogen) atoms. The van der Waals surface area contributed by atoms with Crippen molar-refractivity contribution >= 4 is 0 Å². The van der Waals surface area contributed by atoms with Gasteiger partial charge in [0.15, 0.2) is 0 Å². The lowest BCUT2D eigenvalue weighted by Crippen LogP contribution is -2.16. The highest BCUT2D eigenvalue weighted by Gasteiger charge is 2.21. The highest BCUT2D eigenvalue weighted by atomic mass is 19.1. The zero-order chi connectivity index (χ0) is 13.4. The molecule has 0 radical (unpaired) electrons. The fourth-order valence-electron chi connectivity index (χ4n) is 2.36. The number of hydrogen-bond donors (Lipinski definition) is 1. The Morgan fingerprint density at radius 3 is 2.79 bits per heavy atom. The molecule has 1 fully saturated rings. The molecule has 0 bridgehead atoms. The second kappa shape index (κ2) is 4.78. The van der Waals surface area contributed by atoms with Crippen LogP contribution in [-0.2, 0) is 13.6 Å². The third-order valence-electron chi connectivity index (χ3n) is 3.53. The minimum absolute atomic E-state index is 0.201. The summed E-state index contributed by atoms with van der Waals surface area (Å²) in [5.41, 5.74) is 4.01. The monoisotopic (exact) mass is 259 g/mol. The summed E-state index contributed by atoms with van der Waals surface area (Å²) in [7, 11) is 1.89. The van der Waals surface area contributed by atoms with Crippen molar-refractivity contribution in [2.24, 2.45) is 7.05 Å². The van der Waals surface area contributed by atoms with E-state index in [4.69, 9.17) is 0 Å². The number of hydrogen-bond acceptors (Lipinski definition) is 2. The normalized spacial score (nSPS) is 14.9. The van der Waals surface area contributed by atoms with E-state index < -0.39 is 0 Å². The van der Waals surface area contributed by atoms with Crippen LogP contribution in [0.3, 0.4) is 0 Å². The summed E-state index contributed by atoms with van der Waals surface area (Å²) in [4.78, 5) is 0. The van der Waals surface area contributed by atoms with Gasteiger partial charge in [-0.2, -0.15) is 5.10 Å². The minimum atomic E-state index is -0.201. The quantitative estimate of drug-likeness (QED) is 0.915. The predicted molar refractivity (Wildman–Crippen MR) is 73.2 cm³/mol. The van der Waals surface area contributed by atoms with Crippen molar-refractivity contribution in [3.63, 3.8) is 0 Å². The molecule has 0 aliphatic heterocycles. The van der Waals surface area contributed by atoms with E-state index in [1.165, 1.54) is 18.9 Å². The maximum Gasteiger partial charge on any atom is 0.123 e. The molecule has 0 amide bonds. The summed E-state index contributed by atoms with van der Waals surface area (Å²) in [6, 6.07) is 5.65. The van der Waals surface area contributed by atoms with Crippen molar-refractivity contribution in [2.75, 3.05) is 0 Å². The molecule has 1 aromatic heterocycles. The highest BCUT2D eigenvalue weighted by molar-refractivity contribution is 5.69. The van der Waals surface area contributed by atoms with Crippen LogP contribution in [0, 0.1) is 12.7 Å². The lowest BCUT2D eigenvalue weighted by atomic mass is 10.00. The summed E-state index contributed by atoms with van der Waals surface area (Å²) in [5, 5.41) is 7.82. The molecule has 3 rings (SSSR count). The smallest absolute Gasteiger partial charge is 0.123 e. The average molecular weight is 259 g/mol. The Bertz CT molecular complexity index is 599. The third-order valence-corrected chi connectivity index (χ3v) is 3.53. The molecule has 0 unspecified atom stereocenters. The van der Waals surface area contributed by atoms with E-state index in [0.717, 1.165) is 28.9 Å². The number of halogens is 1. The van der Waals surface area contributed by atoms with E-state index in [2.05, 4.69) is 10.4 Å². The summed E-state index contributed by atoms with van der Waals surface area (Å²) in [6.07, 6.45) is 4.45. The Morgan fingerprint density at radius 2 is 2.16 bits per heavy atom.